The molecule has 1 rings (SSSR count). The van der Waals surface area contributed by atoms with E-state index in [-0.39, 0.29) is 12.5 Å². The number of unbranched alkanes of at least 4 members (excludes halogenated alkanes) is 47. The van der Waals surface area contributed by atoms with Crippen LogP contribution in [0.2, 0.25) is 0 Å². The number of allylic oxidation sites excluding steroid dienone is 3. The van der Waals surface area contributed by atoms with Crippen molar-refractivity contribution in [3.05, 3.63) is 24.3 Å². The molecule has 0 aromatic carbocycles. The molecule has 76 heavy (non-hydrogen) atoms. The topological polar surface area (TPSA) is 149 Å². The number of ether oxygens (including phenoxy) is 2. The number of aliphatic hydroxyl groups is 5. The predicted molar refractivity (Wildman–Crippen MR) is 323 cm³/mol. The van der Waals surface area contributed by atoms with Crippen LogP contribution in [0.4, 0.5) is 0 Å². The molecular formula is C67H129NO8. The Morgan fingerprint density at radius 3 is 1.07 bits per heavy atom. The van der Waals surface area contributed by atoms with E-state index >= 15 is 0 Å². The van der Waals surface area contributed by atoms with Crippen molar-refractivity contribution in [3.8, 4) is 0 Å². The van der Waals surface area contributed by atoms with Gasteiger partial charge in [-0.1, -0.05) is 314 Å². The lowest BCUT2D eigenvalue weighted by Gasteiger charge is -2.40. The lowest BCUT2D eigenvalue weighted by molar-refractivity contribution is -0.302. The van der Waals surface area contributed by atoms with Crippen LogP contribution in [0, 0.1) is 0 Å². The molecule has 7 unspecified atom stereocenters. The van der Waals surface area contributed by atoms with Crippen molar-refractivity contribution in [2.75, 3.05) is 13.2 Å². The summed E-state index contributed by atoms with van der Waals surface area (Å²) >= 11 is 0. The highest BCUT2D eigenvalue weighted by atomic mass is 16.7. The molecule has 1 saturated heterocycles. The van der Waals surface area contributed by atoms with Crippen molar-refractivity contribution in [2.45, 2.75) is 384 Å². The van der Waals surface area contributed by atoms with E-state index in [1.807, 2.05) is 6.08 Å². The van der Waals surface area contributed by atoms with E-state index in [1.165, 1.54) is 283 Å². The van der Waals surface area contributed by atoms with Crippen LogP contribution in [0.5, 0.6) is 0 Å². The number of nitrogens with one attached hydrogen (secondary N) is 1. The van der Waals surface area contributed by atoms with Crippen LogP contribution >= 0.6 is 0 Å². The van der Waals surface area contributed by atoms with Crippen LogP contribution in [0.3, 0.4) is 0 Å². The van der Waals surface area contributed by atoms with E-state index in [0.717, 1.165) is 38.5 Å². The number of carbonyl (C=O) groups is 1. The monoisotopic (exact) mass is 1080 g/mol. The Bertz CT molecular complexity index is 1250. The summed E-state index contributed by atoms with van der Waals surface area (Å²) in [5.41, 5.74) is 0. The molecular weight excluding hydrogens is 947 g/mol. The molecule has 0 spiro atoms. The van der Waals surface area contributed by atoms with Crippen LogP contribution in [-0.2, 0) is 14.3 Å². The van der Waals surface area contributed by atoms with E-state index in [4.69, 9.17) is 9.47 Å². The van der Waals surface area contributed by atoms with Gasteiger partial charge in [-0.2, -0.15) is 0 Å². The number of hydrogen-bond acceptors (Lipinski definition) is 8. The second kappa shape index (κ2) is 56.9. The third kappa shape index (κ3) is 45.4. The molecule has 0 saturated carbocycles. The average molecular weight is 1080 g/mol. The Morgan fingerprint density at radius 1 is 0.434 bits per heavy atom. The van der Waals surface area contributed by atoms with Gasteiger partial charge < -0.3 is 40.3 Å². The minimum absolute atomic E-state index is 0.169. The first-order valence-electron chi connectivity index (χ1n) is 33.6. The molecule has 1 heterocycles. The normalized spacial score (nSPS) is 18.9. The van der Waals surface area contributed by atoms with Crippen molar-refractivity contribution >= 4 is 5.91 Å². The van der Waals surface area contributed by atoms with Crippen molar-refractivity contribution < 1.29 is 39.8 Å². The van der Waals surface area contributed by atoms with Crippen molar-refractivity contribution in [3.63, 3.8) is 0 Å². The lowest BCUT2D eigenvalue weighted by atomic mass is 9.99. The molecule has 0 aliphatic carbocycles. The van der Waals surface area contributed by atoms with Crippen molar-refractivity contribution in [2.24, 2.45) is 0 Å². The van der Waals surface area contributed by atoms with E-state index in [1.54, 1.807) is 6.08 Å². The maximum absolute atomic E-state index is 13.1. The molecule has 0 aromatic heterocycles. The zero-order valence-corrected chi connectivity index (χ0v) is 50.3. The van der Waals surface area contributed by atoms with Gasteiger partial charge in [0.1, 0.15) is 24.4 Å². The minimum Gasteiger partial charge on any atom is -0.394 e. The van der Waals surface area contributed by atoms with Gasteiger partial charge in [0, 0.05) is 6.42 Å². The molecule has 0 aromatic rings. The van der Waals surface area contributed by atoms with Gasteiger partial charge in [-0.15, -0.1) is 0 Å². The zero-order valence-electron chi connectivity index (χ0n) is 50.3. The maximum atomic E-state index is 13.1. The Kier molecular flexibility index (Phi) is 54.4. The summed E-state index contributed by atoms with van der Waals surface area (Å²) in [6, 6.07) is -0.802. The summed E-state index contributed by atoms with van der Waals surface area (Å²) in [5.74, 6) is -0.169. The van der Waals surface area contributed by atoms with Crippen molar-refractivity contribution in [1.82, 2.24) is 5.32 Å². The summed E-state index contributed by atoms with van der Waals surface area (Å²) in [4.78, 5) is 13.1. The number of hydrogen-bond donors (Lipinski definition) is 6. The summed E-state index contributed by atoms with van der Waals surface area (Å²) in [7, 11) is 0. The van der Waals surface area contributed by atoms with E-state index in [9.17, 15) is 30.3 Å². The lowest BCUT2D eigenvalue weighted by Crippen LogP contribution is -2.60. The standard InChI is InChI=1S/C67H129NO8/c1-3-5-7-9-11-13-15-17-19-21-23-24-25-26-27-28-29-30-31-32-33-34-35-36-37-38-39-41-43-45-47-49-51-53-55-57-63(71)68-60(59-75-67-66(74)65(73)64(72)62(58-69)76-67)61(70)56-54-52-50-48-46-44-42-40-22-20-18-16-14-12-10-8-6-4-2/h21,23,54,56,60-62,64-67,69-70,72-74H,3-20,22,24-53,55,57-59H2,1-2H3,(H,68,71)/b23-21-,56-54+. The molecule has 0 radical (unpaired) electrons. The fourth-order valence-corrected chi connectivity index (χ4v) is 11.0. The Hall–Kier alpha value is -1.33. The molecule has 9 heteroatoms. The maximum Gasteiger partial charge on any atom is 0.220 e. The fourth-order valence-electron chi connectivity index (χ4n) is 11.0. The Morgan fingerprint density at radius 2 is 0.737 bits per heavy atom. The van der Waals surface area contributed by atoms with Gasteiger partial charge in [0.2, 0.25) is 5.91 Å². The van der Waals surface area contributed by atoms with Gasteiger partial charge in [0.05, 0.1) is 25.4 Å². The summed E-state index contributed by atoms with van der Waals surface area (Å²) in [5, 5.41) is 54.6. The Labute approximate surface area is 470 Å². The summed E-state index contributed by atoms with van der Waals surface area (Å²) in [6.07, 6.45) is 67.1. The first-order valence-corrected chi connectivity index (χ1v) is 33.6. The largest absolute Gasteiger partial charge is 0.394 e. The molecule has 1 amide bonds. The zero-order chi connectivity index (χ0) is 55.0. The molecule has 0 bridgehead atoms. The first-order chi connectivity index (χ1) is 37.3. The predicted octanol–water partition coefficient (Wildman–Crippen LogP) is 17.7. The number of rotatable bonds is 59. The highest BCUT2D eigenvalue weighted by Crippen LogP contribution is 2.23. The summed E-state index contributed by atoms with van der Waals surface area (Å²) in [6.45, 7) is 3.82. The highest BCUT2D eigenvalue weighted by molar-refractivity contribution is 5.76. The SMILES string of the molecule is CCCCCCCCCC/C=C\CCCCCCCCCCCCCCCCCCCCCCCCCC(=O)NC(COC1OC(CO)C(O)C(O)C1O)C(O)/C=C/CCCCCCCCCCCCCCCCCC. The van der Waals surface area contributed by atoms with Gasteiger partial charge >= 0.3 is 0 Å². The van der Waals surface area contributed by atoms with E-state index < -0.39 is 49.5 Å². The number of aliphatic hydroxyl groups excluding tert-OH is 5. The second-order valence-corrected chi connectivity index (χ2v) is 23.6. The highest BCUT2D eigenvalue weighted by Gasteiger charge is 2.44. The van der Waals surface area contributed by atoms with Crippen LogP contribution in [0.1, 0.15) is 341 Å². The van der Waals surface area contributed by atoms with Gasteiger partial charge in [-0.05, 0) is 44.9 Å². The fraction of sp³-hybridized carbons (Fsp3) is 0.925. The quantitative estimate of drug-likeness (QED) is 0.0261. The molecule has 1 aliphatic rings. The van der Waals surface area contributed by atoms with Gasteiger partial charge in [0.15, 0.2) is 6.29 Å². The number of carbonyl (C=O) groups excluding carboxylic acids is 1. The molecule has 450 valence electrons. The van der Waals surface area contributed by atoms with Crippen molar-refractivity contribution in [1.29, 1.82) is 0 Å². The van der Waals surface area contributed by atoms with Crippen LogP contribution < -0.4 is 5.32 Å². The first kappa shape index (κ1) is 72.7. The molecule has 1 aliphatic heterocycles. The molecule has 7 atom stereocenters. The van der Waals surface area contributed by atoms with Crippen LogP contribution in [-0.4, -0.2) is 87.5 Å². The van der Waals surface area contributed by atoms with Crippen LogP contribution in [0.15, 0.2) is 24.3 Å². The third-order valence-electron chi connectivity index (χ3n) is 16.3. The summed E-state index contributed by atoms with van der Waals surface area (Å²) < 4.78 is 11.3. The smallest absolute Gasteiger partial charge is 0.220 e. The number of amides is 1. The van der Waals surface area contributed by atoms with Gasteiger partial charge in [0.25, 0.3) is 0 Å². The van der Waals surface area contributed by atoms with Gasteiger partial charge in [-0.3, -0.25) is 4.79 Å². The molecule has 9 nitrogen and oxygen atoms in total. The Balaban J connectivity index is 2.08. The third-order valence-corrected chi connectivity index (χ3v) is 16.3. The van der Waals surface area contributed by atoms with Crippen LogP contribution in [0.25, 0.3) is 0 Å². The average Bonchev–Trinajstić information content (AvgIpc) is 3.42. The minimum atomic E-state index is -1.56. The van der Waals surface area contributed by atoms with E-state index in [0.29, 0.717) is 6.42 Å². The molecule has 6 N–H and O–H groups in total. The van der Waals surface area contributed by atoms with Gasteiger partial charge in [-0.25, -0.2) is 0 Å². The van der Waals surface area contributed by atoms with E-state index in [2.05, 4.69) is 31.3 Å². The molecule has 1 fully saturated rings. The second-order valence-electron chi connectivity index (χ2n) is 23.6.